The van der Waals surface area contributed by atoms with Crippen molar-refractivity contribution in [1.82, 2.24) is 0 Å². The lowest BCUT2D eigenvalue weighted by Crippen LogP contribution is -2.11. The van der Waals surface area contributed by atoms with Crippen molar-refractivity contribution < 1.29 is 24.5 Å². The van der Waals surface area contributed by atoms with Gasteiger partial charge in [0.05, 0.1) is 18.2 Å². The quantitative estimate of drug-likeness (QED) is 0.670. The first kappa shape index (κ1) is 15.6. The Kier molecular flexibility index (Phi) is 4.46. The fourth-order valence-electron chi connectivity index (χ4n) is 2.20. The highest BCUT2D eigenvalue weighted by molar-refractivity contribution is 6.15. The van der Waals surface area contributed by atoms with Gasteiger partial charge in [0.2, 0.25) is 0 Å². The summed E-state index contributed by atoms with van der Waals surface area (Å²) < 4.78 is 4.66. The lowest BCUT2D eigenvalue weighted by molar-refractivity contribution is 0.0597. The molecule has 5 heteroatoms. The van der Waals surface area contributed by atoms with Crippen LogP contribution in [-0.2, 0) is 11.2 Å². The number of ether oxygens (including phenoxy) is 1. The number of carbonyl (C=O) groups excluding carboxylic acids is 2. The number of ketones is 1. The first-order valence-electron chi connectivity index (χ1n) is 6.76. The van der Waals surface area contributed by atoms with E-state index in [1.54, 1.807) is 12.1 Å². The second-order valence-corrected chi connectivity index (χ2v) is 4.72. The normalized spacial score (nSPS) is 10.3. The average Bonchev–Trinajstić information content (AvgIpc) is 2.53. The maximum absolute atomic E-state index is 12.6. The maximum atomic E-state index is 12.6. The largest absolute Gasteiger partial charge is 0.508 e. The summed E-state index contributed by atoms with van der Waals surface area (Å²) in [6.45, 7) is 1.82. The fourth-order valence-corrected chi connectivity index (χ4v) is 2.20. The predicted molar refractivity (Wildman–Crippen MR) is 80.4 cm³/mol. The van der Waals surface area contributed by atoms with Gasteiger partial charge in [-0.2, -0.15) is 0 Å². The van der Waals surface area contributed by atoms with E-state index in [0.29, 0.717) is 12.0 Å². The highest BCUT2D eigenvalue weighted by Gasteiger charge is 2.21. The number of hydrogen-bond acceptors (Lipinski definition) is 5. The Morgan fingerprint density at radius 2 is 1.64 bits per heavy atom. The molecule has 0 saturated carbocycles. The Hall–Kier alpha value is -2.82. The van der Waals surface area contributed by atoms with Crippen molar-refractivity contribution in [2.24, 2.45) is 0 Å². The summed E-state index contributed by atoms with van der Waals surface area (Å²) in [6, 6.07) is 8.78. The van der Waals surface area contributed by atoms with Crippen LogP contribution in [0.5, 0.6) is 11.5 Å². The van der Waals surface area contributed by atoms with Gasteiger partial charge in [0.15, 0.2) is 5.78 Å². The third-order valence-electron chi connectivity index (χ3n) is 3.40. The monoisotopic (exact) mass is 300 g/mol. The molecule has 0 aliphatic carbocycles. The number of hydrogen-bond donors (Lipinski definition) is 2. The standard InChI is InChI=1S/C17H16O5/c1-3-10-8-13(15(19)9-14(10)18)16(20)11-6-4-5-7-12(11)17(21)22-2/h4-9,18-19H,3H2,1-2H3. The van der Waals surface area contributed by atoms with E-state index in [1.165, 1.54) is 25.3 Å². The SMILES string of the molecule is CCc1cc(C(=O)c2ccccc2C(=O)OC)c(O)cc1O. The van der Waals surface area contributed by atoms with Gasteiger partial charge in [0.1, 0.15) is 11.5 Å². The smallest absolute Gasteiger partial charge is 0.338 e. The lowest BCUT2D eigenvalue weighted by atomic mass is 9.95. The first-order valence-corrected chi connectivity index (χ1v) is 6.76. The first-order chi connectivity index (χ1) is 10.5. The number of phenolic OH excluding ortho intramolecular Hbond substituents is 2. The van der Waals surface area contributed by atoms with Crippen LogP contribution in [0.2, 0.25) is 0 Å². The fraction of sp³-hybridized carbons (Fsp3) is 0.176. The third-order valence-corrected chi connectivity index (χ3v) is 3.40. The summed E-state index contributed by atoms with van der Waals surface area (Å²) in [5.74, 6) is -1.54. The molecule has 0 amide bonds. The molecule has 2 aromatic carbocycles. The number of rotatable bonds is 4. The molecule has 0 atom stereocenters. The van der Waals surface area contributed by atoms with E-state index in [2.05, 4.69) is 4.74 Å². The van der Waals surface area contributed by atoms with Gasteiger partial charge in [0.25, 0.3) is 0 Å². The Morgan fingerprint density at radius 3 is 2.23 bits per heavy atom. The van der Waals surface area contributed by atoms with Gasteiger partial charge in [-0.3, -0.25) is 4.79 Å². The van der Waals surface area contributed by atoms with Gasteiger partial charge in [-0.1, -0.05) is 25.1 Å². The van der Waals surface area contributed by atoms with Crippen LogP contribution in [0, 0.1) is 0 Å². The summed E-state index contributed by atoms with van der Waals surface area (Å²) in [5, 5.41) is 19.6. The second kappa shape index (κ2) is 6.30. The summed E-state index contributed by atoms with van der Waals surface area (Å²) in [5.41, 5.74) is 0.834. The van der Waals surface area contributed by atoms with Gasteiger partial charge in [-0.05, 0) is 24.1 Å². The van der Waals surface area contributed by atoms with E-state index >= 15 is 0 Å². The summed E-state index contributed by atoms with van der Waals surface area (Å²) >= 11 is 0. The van der Waals surface area contributed by atoms with E-state index in [0.717, 1.165) is 6.07 Å². The summed E-state index contributed by atoms with van der Waals surface area (Å²) in [6.07, 6.45) is 0.505. The molecule has 0 saturated heterocycles. The van der Waals surface area contributed by atoms with Crippen LogP contribution in [0.3, 0.4) is 0 Å². The number of carbonyl (C=O) groups is 2. The van der Waals surface area contributed by atoms with E-state index in [4.69, 9.17) is 0 Å². The molecule has 2 rings (SSSR count). The van der Waals surface area contributed by atoms with Crippen molar-refractivity contribution in [3.8, 4) is 11.5 Å². The highest BCUT2D eigenvalue weighted by atomic mass is 16.5. The molecular formula is C17H16O5. The molecule has 0 aliphatic rings. The molecule has 0 radical (unpaired) electrons. The molecular weight excluding hydrogens is 284 g/mol. The Labute approximate surface area is 127 Å². The predicted octanol–water partition coefficient (Wildman–Crippen LogP) is 2.68. The van der Waals surface area contributed by atoms with Gasteiger partial charge in [0, 0.05) is 11.6 Å². The second-order valence-electron chi connectivity index (χ2n) is 4.72. The molecule has 5 nitrogen and oxygen atoms in total. The van der Waals surface area contributed by atoms with Gasteiger partial charge in [-0.25, -0.2) is 4.79 Å². The molecule has 2 aromatic rings. The van der Waals surface area contributed by atoms with Crippen molar-refractivity contribution in [2.45, 2.75) is 13.3 Å². The molecule has 0 bridgehead atoms. The number of aryl methyl sites for hydroxylation is 1. The minimum Gasteiger partial charge on any atom is -0.508 e. The van der Waals surface area contributed by atoms with Crippen molar-refractivity contribution in [3.05, 3.63) is 58.7 Å². The van der Waals surface area contributed by atoms with Crippen LogP contribution >= 0.6 is 0 Å². The number of esters is 1. The van der Waals surface area contributed by atoms with Crippen LogP contribution in [-0.4, -0.2) is 29.1 Å². The zero-order valence-corrected chi connectivity index (χ0v) is 12.3. The molecule has 0 aromatic heterocycles. The van der Waals surface area contributed by atoms with Gasteiger partial charge >= 0.3 is 5.97 Å². The van der Waals surface area contributed by atoms with Crippen LogP contribution in [0.15, 0.2) is 36.4 Å². The Balaban J connectivity index is 2.56. The van der Waals surface area contributed by atoms with E-state index in [-0.39, 0.29) is 28.2 Å². The van der Waals surface area contributed by atoms with Crippen LogP contribution < -0.4 is 0 Å². The van der Waals surface area contributed by atoms with Crippen molar-refractivity contribution in [2.75, 3.05) is 7.11 Å². The maximum Gasteiger partial charge on any atom is 0.338 e. The van der Waals surface area contributed by atoms with Gasteiger partial charge < -0.3 is 14.9 Å². The molecule has 2 N–H and O–H groups in total. The topological polar surface area (TPSA) is 83.8 Å². The minimum absolute atomic E-state index is 0.0333. The molecule has 0 heterocycles. The molecule has 0 aliphatic heterocycles. The molecule has 0 fully saturated rings. The van der Waals surface area contributed by atoms with Crippen LogP contribution in [0.4, 0.5) is 0 Å². The van der Waals surface area contributed by atoms with Crippen molar-refractivity contribution in [3.63, 3.8) is 0 Å². The molecule has 22 heavy (non-hydrogen) atoms. The van der Waals surface area contributed by atoms with Crippen LogP contribution in [0.1, 0.15) is 38.8 Å². The number of aromatic hydroxyl groups is 2. The van der Waals surface area contributed by atoms with Gasteiger partial charge in [-0.15, -0.1) is 0 Å². The zero-order chi connectivity index (χ0) is 16.3. The minimum atomic E-state index is -0.627. The Morgan fingerprint density at radius 1 is 1.00 bits per heavy atom. The molecule has 0 unspecified atom stereocenters. The van der Waals surface area contributed by atoms with Crippen LogP contribution in [0.25, 0.3) is 0 Å². The lowest BCUT2D eigenvalue weighted by Gasteiger charge is -2.10. The summed E-state index contributed by atoms with van der Waals surface area (Å²) in [4.78, 5) is 24.4. The highest BCUT2D eigenvalue weighted by Crippen LogP contribution is 2.30. The van der Waals surface area contributed by atoms with Crippen molar-refractivity contribution in [1.29, 1.82) is 0 Å². The zero-order valence-electron chi connectivity index (χ0n) is 12.3. The summed E-state index contributed by atoms with van der Waals surface area (Å²) in [7, 11) is 1.23. The molecule has 0 spiro atoms. The molecule has 114 valence electrons. The van der Waals surface area contributed by atoms with E-state index in [9.17, 15) is 19.8 Å². The number of methoxy groups -OCH3 is 1. The Bertz CT molecular complexity index is 734. The third kappa shape index (κ3) is 2.79. The van der Waals surface area contributed by atoms with E-state index in [1.807, 2.05) is 6.92 Å². The number of phenols is 2. The van der Waals surface area contributed by atoms with E-state index < -0.39 is 11.8 Å². The van der Waals surface area contributed by atoms with Crippen molar-refractivity contribution >= 4 is 11.8 Å². The number of benzene rings is 2. The average molecular weight is 300 g/mol.